The van der Waals surface area contributed by atoms with Gasteiger partial charge >= 0.3 is 0 Å². The van der Waals surface area contributed by atoms with Crippen LogP contribution in [-0.4, -0.2) is 11.8 Å². The SMILES string of the molecule is Cc1c(-c2ccc3c(c2)OCO3)[nH]c2ccc(OCc3ccccc3)cc12. The normalized spacial score (nSPS) is 12.5. The van der Waals surface area contributed by atoms with Crippen molar-refractivity contribution in [3.05, 3.63) is 77.9 Å². The lowest BCUT2D eigenvalue weighted by Crippen LogP contribution is -1.94. The fourth-order valence-electron chi connectivity index (χ4n) is 3.48. The highest BCUT2D eigenvalue weighted by atomic mass is 16.7. The van der Waals surface area contributed by atoms with Gasteiger partial charge in [0.05, 0.1) is 0 Å². The third kappa shape index (κ3) is 2.89. The van der Waals surface area contributed by atoms with Crippen LogP contribution in [0.5, 0.6) is 17.2 Å². The first-order valence-electron chi connectivity index (χ1n) is 8.97. The average molecular weight is 357 g/mol. The average Bonchev–Trinajstić information content (AvgIpc) is 3.31. The lowest BCUT2D eigenvalue weighted by Gasteiger charge is -2.06. The van der Waals surface area contributed by atoms with Gasteiger partial charge in [0.15, 0.2) is 11.5 Å². The van der Waals surface area contributed by atoms with Gasteiger partial charge in [-0.15, -0.1) is 0 Å². The first-order valence-corrected chi connectivity index (χ1v) is 8.97. The van der Waals surface area contributed by atoms with Gasteiger partial charge in [-0.25, -0.2) is 0 Å². The maximum Gasteiger partial charge on any atom is 0.231 e. The molecule has 27 heavy (non-hydrogen) atoms. The van der Waals surface area contributed by atoms with Crippen LogP contribution in [0.2, 0.25) is 0 Å². The van der Waals surface area contributed by atoms with Crippen molar-refractivity contribution in [2.75, 3.05) is 6.79 Å². The maximum atomic E-state index is 5.98. The van der Waals surface area contributed by atoms with Crippen molar-refractivity contribution < 1.29 is 14.2 Å². The molecule has 4 aromatic rings. The molecule has 4 nitrogen and oxygen atoms in total. The highest BCUT2D eigenvalue weighted by Gasteiger charge is 2.16. The van der Waals surface area contributed by atoms with Gasteiger partial charge in [-0.05, 0) is 54.4 Å². The molecule has 0 unspecified atom stereocenters. The Morgan fingerprint density at radius 1 is 0.926 bits per heavy atom. The zero-order valence-electron chi connectivity index (χ0n) is 15.0. The fraction of sp³-hybridized carbons (Fsp3) is 0.130. The van der Waals surface area contributed by atoms with E-state index in [1.807, 2.05) is 36.4 Å². The Balaban J connectivity index is 1.46. The van der Waals surface area contributed by atoms with E-state index in [1.54, 1.807) is 0 Å². The second-order valence-electron chi connectivity index (χ2n) is 6.67. The highest BCUT2D eigenvalue weighted by Crippen LogP contribution is 2.38. The molecule has 3 aromatic carbocycles. The zero-order chi connectivity index (χ0) is 18.2. The number of hydrogen-bond donors (Lipinski definition) is 1. The second kappa shape index (κ2) is 6.40. The summed E-state index contributed by atoms with van der Waals surface area (Å²) in [6.45, 7) is 2.97. The van der Waals surface area contributed by atoms with E-state index >= 15 is 0 Å². The molecule has 0 radical (unpaired) electrons. The van der Waals surface area contributed by atoms with Crippen LogP contribution in [0.1, 0.15) is 11.1 Å². The third-order valence-corrected chi connectivity index (χ3v) is 4.94. The molecular weight excluding hydrogens is 338 g/mol. The molecule has 4 heteroatoms. The fourth-order valence-corrected chi connectivity index (χ4v) is 3.48. The number of benzene rings is 3. The molecule has 0 spiro atoms. The van der Waals surface area contributed by atoms with Crippen molar-refractivity contribution in [3.63, 3.8) is 0 Å². The number of H-pyrrole nitrogens is 1. The summed E-state index contributed by atoms with van der Waals surface area (Å²) in [7, 11) is 0. The number of aryl methyl sites for hydroxylation is 1. The molecule has 0 fully saturated rings. The van der Waals surface area contributed by atoms with Crippen LogP contribution >= 0.6 is 0 Å². The van der Waals surface area contributed by atoms with Gasteiger partial charge in [-0.2, -0.15) is 0 Å². The zero-order valence-corrected chi connectivity index (χ0v) is 15.0. The van der Waals surface area contributed by atoms with E-state index in [9.17, 15) is 0 Å². The summed E-state index contributed by atoms with van der Waals surface area (Å²) in [5.74, 6) is 2.45. The Labute approximate surface area is 157 Å². The van der Waals surface area contributed by atoms with Gasteiger partial charge in [0.25, 0.3) is 0 Å². The molecule has 2 heterocycles. The molecule has 0 saturated carbocycles. The van der Waals surface area contributed by atoms with Crippen LogP contribution < -0.4 is 14.2 Å². The minimum atomic E-state index is 0.284. The van der Waals surface area contributed by atoms with Crippen LogP contribution in [-0.2, 0) is 6.61 Å². The molecule has 1 aromatic heterocycles. The summed E-state index contributed by atoms with van der Waals surface area (Å²) in [5, 5.41) is 1.16. The number of nitrogens with one attached hydrogen (secondary N) is 1. The number of ether oxygens (including phenoxy) is 3. The monoisotopic (exact) mass is 357 g/mol. The van der Waals surface area contributed by atoms with Crippen LogP contribution in [0, 0.1) is 6.92 Å². The maximum absolute atomic E-state index is 5.98. The third-order valence-electron chi connectivity index (χ3n) is 4.94. The molecular formula is C23H19NO3. The second-order valence-corrected chi connectivity index (χ2v) is 6.67. The topological polar surface area (TPSA) is 43.5 Å². The van der Waals surface area contributed by atoms with E-state index in [0.717, 1.165) is 45.0 Å². The van der Waals surface area contributed by atoms with Crippen LogP contribution in [0.15, 0.2) is 66.7 Å². The summed E-state index contributed by atoms with van der Waals surface area (Å²) in [5.41, 5.74) is 5.61. The number of fused-ring (bicyclic) bond motifs is 2. The Morgan fingerprint density at radius 2 is 1.78 bits per heavy atom. The molecule has 134 valence electrons. The lowest BCUT2D eigenvalue weighted by atomic mass is 10.1. The molecule has 1 aliphatic heterocycles. The number of aromatic nitrogens is 1. The van der Waals surface area contributed by atoms with Gasteiger partial charge in [-0.3, -0.25) is 0 Å². The Morgan fingerprint density at radius 3 is 2.67 bits per heavy atom. The van der Waals surface area contributed by atoms with Crippen molar-refractivity contribution in [1.82, 2.24) is 4.98 Å². The summed E-state index contributed by atoms with van der Waals surface area (Å²) in [4.78, 5) is 3.52. The van der Waals surface area contributed by atoms with Crippen molar-refractivity contribution in [3.8, 4) is 28.5 Å². The van der Waals surface area contributed by atoms with Crippen molar-refractivity contribution in [2.45, 2.75) is 13.5 Å². The van der Waals surface area contributed by atoms with E-state index in [-0.39, 0.29) is 6.79 Å². The van der Waals surface area contributed by atoms with E-state index in [4.69, 9.17) is 14.2 Å². The predicted molar refractivity (Wildman–Crippen MR) is 105 cm³/mol. The Bertz CT molecular complexity index is 1120. The van der Waals surface area contributed by atoms with Crippen LogP contribution in [0.4, 0.5) is 0 Å². The van der Waals surface area contributed by atoms with E-state index in [2.05, 4.69) is 42.2 Å². The smallest absolute Gasteiger partial charge is 0.231 e. The number of aromatic amines is 1. The molecule has 0 amide bonds. The molecule has 5 rings (SSSR count). The number of rotatable bonds is 4. The minimum absolute atomic E-state index is 0.284. The van der Waals surface area contributed by atoms with Gasteiger partial charge in [0.1, 0.15) is 12.4 Å². The Hall–Kier alpha value is -3.40. The molecule has 0 bridgehead atoms. The van der Waals surface area contributed by atoms with Gasteiger partial charge in [-0.1, -0.05) is 30.3 Å². The van der Waals surface area contributed by atoms with Crippen molar-refractivity contribution >= 4 is 10.9 Å². The molecule has 0 atom stereocenters. The van der Waals surface area contributed by atoms with E-state index < -0.39 is 0 Å². The number of hydrogen-bond acceptors (Lipinski definition) is 3. The standard InChI is InChI=1S/C23H19NO3/c1-15-19-12-18(25-13-16-5-3-2-4-6-16)8-9-20(19)24-23(15)17-7-10-21-22(11-17)27-14-26-21/h2-12,24H,13-14H2,1H3. The molecule has 0 saturated heterocycles. The first kappa shape index (κ1) is 15.8. The van der Waals surface area contributed by atoms with Crippen molar-refractivity contribution in [2.24, 2.45) is 0 Å². The van der Waals surface area contributed by atoms with E-state index in [0.29, 0.717) is 6.61 Å². The highest BCUT2D eigenvalue weighted by molar-refractivity contribution is 5.91. The summed E-state index contributed by atoms with van der Waals surface area (Å²) in [6.07, 6.45) is 0. The molecule has 0 aliphatic carbocycles. The summed E-state index contributed by atoms with van der Waals surface area (Å²) in [6, 6.07) is 22.4. The first-order chi connectivity index (χ1) is 13.3. The van der Waals surface area contributed by atoms with Gasteiger partial charge in [0.2, 0.25) is 6.79 Å². The minimum Gasteiger partial charge on any atom is -0.489 e. The van der Waals surface area contributed by atoms with Crippen LogP contribution in [0.25, 0.3) is 22.2 Å². The van der Waals surface area contributed by atoms with Crippen LogP contribution in [0.3, 0.4) is 0 Å². The predicted octanol–water partition coefficient (Wildman–Crippen LogP) is 5.45. The van der Waals surface area contributed by atoms with Gasteiger partial charge in [0, 0.05) is 22.2 Å². The van der Waals surface area contributed by atoms with Gasteiger partial charge < -0.3 is 19.2 Å². The van der Waals surface area contributed by atoms with Crippen molar-refractivity contribution in [1.29, 1.82) is 0 Å². The summed E-state index contributed by atoms with van der Waals surface area (Å²) >= 11 is 0. The van der Waals surface area contributed by atoms with E-state index in [1.165, 1.54) is 5.56 Å². The largest absolute Gasteiger partial charge is 0.489 e. The lowest BCUT2D eigenvalue weighted by molar-refractivity contribution is 0.174. The molecule has 1 aliphatic rings. The summed E-state index contributed by atoms with van der Waals surface area (Å²) < 4.78 is 16.9. The molecule has 1 N–H and O–H groups in total. The Kier molecular flexibility index (Phi) is 3.75. The quantitative estimate of drug-likeness (QED) is 0.528.